The predicted octanol–water partition coefficient (Wildman–Crippen LogP) is 2.81. The number of anilines is 1. The number of aromatic nitrogens is 4. The first kappa shape index (κ1) is 14.4. The zero-order valence-electron chi connectivity index (χ0n) is 11.6. The van der Waals surface area contributed by atoms with Crippen LogP contribution in [0.4, 0.5) is 14.5 Å². The number of benzene rings is 1. The van der Waals surface area contributed by atoms with E-state index < -0.39 is 11.6 Å². The fraction of sp³-hybridized carbons (Fsp3) is 0.462. The summed E-state index contributed by atoms with van der Waals surface area (Å²) in [5.41, 5.74) is 6.15. The molecule has 1 aromatic heterocycles. The van der Waals surface area contributed by atoms with Crippen LogP contribution >= 0.6 is 0 Å². The summed E-state index contributed by atoms with van der Waals surface area (Å²) in [5.74, 6) is -1.28. The summed E-state index contributed by atoms with van der Waals surface area (Å²) in [4.78, 5) is 0. The second-order valence-corrected chi connectivity index (χ2v) is 4.93. The van der Waals surface area contributed by atoms with E-state index in [9.17, 15) is 8.78 Å². The molecule has 2 unspecified atom stereocenters. The molecule has 2 aromatic rings. The van der Waals surface area contributed by atoms with Gasteiger partial charge in [-0.05, 0) is 29.3 Å². The molecule has 7 heteroatoms. The lowest BCUT2D eigenvalue weighted by molar-refractivity contribution is 0.340. The minimum absolute atomic E-state index is 0.0255. The smallest absolute Gasteiger partial charge is 0.184 e. The molecule has 0 saturated carbocycles. The van der Waals surface area contributed by atoms with Gasteiger partial charge in [-0.25, -0.2) is 13.5 Å². The molecule has 2 N–H and O–H groups in total. The van der Waals surface area contributed by atoms with Gasteiger partial charge in [-0.3, -0.25) is 0 Å². The lowest BCUT2D eigenvalue weighted by atomic mass is 10.0. The molecule has 2 atom stereocenters. The van der Waals surface area contributed by atoms with E-state index in [1.165, 1.54) is 0 Å². The molecule has 1 aromatic carbocycles. The molecule has 0 bridgehead atoms. The summed E-state index contributed by atoms with van der Waals surface area (Å²) in [6, 6.07) is 1.99. The topological polar surface area (TPSA) is 69.6 Å². The minimum atomic E-state index is -0.986. The summed E-state index contributed by atoms with van der Waals surface area (Å²) in [5, 5.41) is 11.4. The van der Waals surface area contributed by atoms with Crippen molar-refractivity contribution < 1.29 is 8.78 Å². The van der Waals surface area contributed by atoms with E-state index in [-0.39, 0.29) is 11.7 Å². The Morgan fingerprint density at radius 2 is 1.90 bits per heavy atom. The van der Waals surface area contributed by atoms with Crippen LogP contribution < -0.4 is 5.73 Å². The maximum Gasteiger partial charge on any atom is 0.184 e. The molecule has 20 heavy (non-hydrogen) atoms. The molecule has 0 fully saturated rings. The van der Waals surface area contributed by atoms with Gasteiger partial charge in [0.05, 0.1) is 6.04 Å². The van der Waals surface area contributed by atoms with Crippen molar-refractivity contribution in [2.45, 2.75) is 33.2 Å². The highest BCUT2D eigenvalue weighted by Gasteiger charge is 2.21. The Morgan fingerprint density at radius 3 is 2.55 bits per heavy atom. The Labute approximate surface area is 115 Å². The van der Waals surface area contributed by atoms with Gasteiger partial charge in [0.2, 0.25) is 0 Å². The SMILES string of the molecule is CCC(C)C(C)n1nnnc1-c1cc(F)c(F)cc1N. The maximum atomic E-state index is 13.4. The van der Waals surface area contributed by atoms with Crippen molar-refractivity contribution in [3.05, 3.63) is 23.8 Å². The maximum absolute atomic E-state index is 13.4. The molecule has 0 spiro atoms. The van der Waals surface area contributed by atoms with Crippen LogP contribution in [0.5, 0.6) is 0 Å². The van der Waals surface area contributed by atoms with Crippen LogP contribution in [0.3, 0.4) is 0 Å². The van der Waals surface area contributed by atoms with Crippen LogP contribution in [0.15, 0.2) is 12.1 Å². The number of nitrogen functional groups attached to an aromatic ring is 1. The molecule has 0 radical (unpaired) electrons. The highest BCUT2D eigenvalue weighted by molar-refractivity contribution is 5.71. The van der Waals surface area contributed by atoms with E-state index in [4.69, 9.17) is 5.73 Å². The molecule has 108 valence electrons. The highest BCUT2D eigenvalue weighted by atomic mass is 19.2. The Morgan fingerprint density at radius 1 is 1.25 bits per heavy atom. The average Bonchev–Trinajstić information content (AvgIpc) is 2.90. The molecule has 0 amide bonds. The lowest BCUT2D eigenvalue weighted by Crippen LogP contribution is -2.16. The monoisotopic (exact) mass is 281 g/mol. The Balaban J connectivity index is 2.50. The number of hydrogen-bond donors (Lipinski definition) is 1. The van der Waals surface area contributed by atoms with Crippen LogP contribution in [-0.2, 0) is 0 Å². The van der Waals surface area contributed by atoms with E-state index in [1.54, 1.807) is 4.68 Å². The summed E-state index contributed by atoms with van der Waals surface area (Å²) in [6.45, 7) is 6.12. The molecule has 0 aliphatic carbocycles. The summed E-state index contributed by atoms with van der Waals surface area (Å²) < 4.78 is 28.1. The van der Waals surface area contributed by atoms with Gasteiger partial charge in [0, 0.05) is 17.3 Å². The van der Waals surface area contributed by atoms with E-state index in [1.807, 2.05) is 6.92 Å². The predicted molar refractivity (Wildman–Crippen MR) is 71.7 cm³/mol. The number of halogens is 2. The van der Waals surface area contributed by atoms with Gasteiger partial charge in [-0.15, -0.1) is 5.10 Å². The van der Waals surface area contributed by atoms with E-state index in [2.05, 4.69) is 29.4 Å². The minimum Gasteiger partial charge on any atom is -0.398 e. The van der Waals surface area contributed by atoms with E-state index in [0.717, 1.165) is 18.6 Å². The summed E-state index contributed by atoms with van der Waals surface area (Å²) >= 11 is 0. The fourth-order valence-electron chi connectivity index (χ4n) is 1.98. The van der Waals surface area contributed by atoms with Crippen molar-refractivity contribution >= 4 is 5.69 Å². The van der Waals surface area contributed by atoms with Crippen molar-refractivity contribution in [3.63, 3.8) is 0 Å². The van der Waals surface area contributed by atoms with E-state index in [0.29, 0.717) is 17.3 Å². The van der Waals surface area contributed by atoms with Gasteiger partial charge in [0.1, 0.15) is 0 Å². The molecule has 0 saturated heterocycles. The van der Waals surface area contributed by atoms with Crippen molar-refractivity contribution in [3.8, 4) is 11.4 Å². The number of hydrogen-bond acceptors (Lipinski definition) is 4. The van der Waals surface area contributed by atoms with Crippen LogP contribution in [0, 0.1) is 17.6 Å². The standard InChI is InChI=1S/C13H17F2N5/c1-4-7(2)8(3)20-13(17-18-19-20)9-5-10(14)11(15)6-12(9)16/h5-8H,4,16H2,1-3H3. The van der Waals surface area contributed by atoms with Crippen molar-refractivity contribution in [2.24, 2.45) is 5.92 Å². The van der Waals surface area contributed by atoms with Gasteiger partial charge >= 0.3 is 0 Å². The zero-order valence-corrected chi connectivity index (χ0v) is 11.6. The van der Waals surface area contributed by atoms with Gasteiger partial charge in [0.15, 0.2) is 17.5 Å². The average molecular weight is 281 g/mol. The van der Waals surface area contributed by atoms with Crippen LogP contribution in [-0.4, -0.2) is 20.2 Å². The number of nitrogens with two attached hydrogens (primary N) is 1. The fourth-order valence-corrected chi connectivity index (χ4v) is 1.98. The third kappa shape index (κ3) is 2.48. The number of tetrazole rings is 1. The molecule has 0 aliphatic rings. The van der Waals surface area contributed by atoms with Crippen molar-refractivity contribution in [2.75, 3.05) is 5.73 Å². The van der Waals surface area contributed by atoms with Crippen molar-refractivity contribution in [1.29, 1.82) is 0 Å². The van der Waals surface area contributed by atoms with Gasteiger partial charge in [-0.2, -0.15) is 0 Å². The normalized spacial score (nSPS) is 14.2. The molecule has 5 nitrogen and oxygen atoms in total. The van der Waals surface area contributed by atoms with Gasteiger partial charge in [-0.1, -0.05) is 20.3 Å². The van der Waals surface area contributed by atoms with E-state index >= 15 is 0 Å². The zero-order chi connectivity index (χ0) is 14.9. The summed E-state index contributed by atoms with van der Waals surface area (Å²) in [7, 11) is 0. The Hall–Kier alpha value is -2.05. The molecule has 1 heterocycles. The molecular weight excluding hydrogens is 264 g/mol. The third-order valence-corrected chi connectivity index (χ3v) is 3.68. The second kappa shape index (κ2) is 5.52. The first-order valence-corrected chi connectivity index (χ1v) is 6.48. The van der Waals surface area contributed by atoms with Crippen LogP contribution in [0.1, 0.15) is 33.2 Å². The lowest BCUT2D eigenvalue weighted by Gasteiger charge is -2.19. The first-order chi connectivity index (χ1) is 9.45. The summed E-state index contributed by atoms with van der Waals surface area (Å²) in [6.07, 6.45) is 0.952. The highest BCUT2D eigenvalue weighted by Crippen LogP contribution is 2.29. The Kier molecular flexibility index (Phi) is 3.96. The quantitative estimate of drug-likeness (QED) is 0.875. The van der Waals surface area contributed by atoms with Gasteiger partial charge < -0.3 is 5.73 Å². The Bertz CT molecular complexity index is 611. The molecule has 2 rings (SSSR count). The number of nitrogens with zero attached hydrogens (tertiary/aromatic N) is 4. The third-order valence-electron chi connectivity index (χ3n) is 3.68. The van der Waals surface area contributed by atoms with Crippen LogP contribution in [0.25, 0.3) is 11.4 Å². The first-order valence-electron chi connectivity index (χ1n) is 6.48. The van der Waals surface area contributed by atoms with Crippen LogP contribution in [0.2, 0.25) is 0 Å². The van der Waals surface area contributed by atoms with Crippen molar-refractivity contribution in [1.82, 2.24) is 20.2 Å². The largest absolute Gasteiger partial charge is 0.398 e. The molecular formula is C13H17F2N5. The van der Waals surface area contributed by atoms with Gasteiger partial charge in [0.25, 0.3) is 0 Å². The number of rotatable bonds is 4. The second-order valence-electron chi connectivity index (χ2n) is 4.93. The molecule has 0 aliphatic heterocycles.